The lowest BCUT2D eigenvalue weighted by Gasteiger charge is -2.24. The van der Waals surface area contributed by atoms with Crippen molar-refractivity contribution in [1.29, 1.82) is 0 Å². The highest BCUT2D eigenvalue weighted by atomic mass is 35.5. The molecule has 0 saturated heterocycles. The molecule has 1 amide bonds. The van der Waals surface area contributed by atoms with Crippen LogP contribution in [0.15, 0.2) is 24.3 Å². The number of nitrogens with two attached hydrogens (primary N) is 1. The lowest BCUT2D eigenvalue weighted by Crippen LogP contribution is -2.34. The zero-order valence-corrected chi connectivity index (χ0v) is 13.2. The normalized spacial score (nSPS) is 20.9. The van der Waals surface area contributed by atoms with Crippen LogP contribution in [0.25, 0.3) is 0 Å². The summed E-state index contributed by atoms with van der Waals surface area (Å²) >= 11 is 0. The van der Waals surface area contributed by atoms with Crippen molar-refractivity contribution in [3.05, 3.63) is 35.6 Å². The largest absolute Gasteiger partial charge is 0.339 e. The molecule has 118 valence electrons. The van der Waals surface area contributed by atoms with Gasteiger partial charge in [0.05, 0.1) is 0 Å². The summed E-state index contributed by atoms with van der Waals surface area (Å²) in [6, 6.07) is 6.58. The number of carbonyl (C=O) groups is 1. The molecule has 21 heavy (non-hydrogen) atoms. The van der Waals surface area contributed by atoms with Crippen LogP contribution >= 0.6 is 12.4 Å². The first-order valence-corrected chi connectivity index (χ1v) is 7.38. The monoisotopic (exact) mass is 314 g/mol. The molecule has 3 nitrogen and oxygen atoms in total. The fourth-order valence-electron chi connectivity index (χ4n) is 2.90. The van der Waals surface area contributed by atoms with Crippen molar-refractivity contribution in [2.75, 3.05) is 6.54 Å². The Kier molecular flexibility index (Phi) is 7.12. The summed E-state index contributed by atoms with van der Waals surface area (Å²) in [6.45, 7) is 3.05. The molecule has 0 radical (unpaired) electrons. The minimum Gasteiger partial charge on any atom is -0.339 e. The number of nitrogens with zero attached hydrogens (tertiary/aromatic N) is 1. The average molecular weight is 315 g/mol. The lowest BCUT2D eigenvalue weighted by atomic mass is 9.99. The second-order valence-electron chi connectivity index (χ2n) is 5.60. The van der Waals surface area contributed by atoms with E-state index in [1.807, 2.05) is 13.0 Å². The van der Waals surface area contributed by atoms with Crippen LogP contribution < -0.4 is 5.73 Å². The summed E-state index contributed by atoms with van der Waals surface area (Å²) < 4.78 is 13.2. The molecule has 0 unspecified atom stereocenters. The van der Waals surface area contributed by atoms with Crippen molar-refractivity contribution in [1.82, 2.24) is 4.90 Å². The molecule has 0 spiro atoms. The molecule has 1 fully saturated rings. The van der Waals surface area contributed by atoms with Gasteiger partial charge in [0.15, 0.2) is 0 Å². The van der Waals surface area contributed by atoms with Gasteiger partial charge >= 0.3 is 0 Å². The van der Waals surface area contributed by atoms with Gasteiger partial charge in [-0.1, -0.05) is 18.6 Å². The van der Waals surface area contributed by atoms with E-state index in [-0.39, 0.29) is 30.2 Å². The highest BCUT2D eigenvalue weighted by molar-refractivity contribution is 5.85. The Balaban J connectivity index is 0.00000220. The molecule has 1 saturated carbocycles. The van der Waals surface area contributed by atoms with Crippen LogP contribution in [0.2, 0.25) is 0 Å². The standard InChI is InChI=1S/C16H23FN2O.ClH/c1-2-19(11-12-5-3-7-14(17)9-12)16(20)10-13-6-4-8-15(13)18;/h3,5,7,9,13,15H,2,4,6,8,10-11,18H2,1H3;1H/t13-,15+;/m0./s1. The van der Waals surface area contributed by atoms with E-state index in [2.05, 4.69) is 0 Å². The van der Waals surface area contributed by atoms with Gasteiger partial charge in [-0.25, -0.2) is 4.39 Å². The number of hydrogen-bond donors (Lipinski definition) is 1. The van der Waals surface area contributed by atoms with Crippen molar-refractivity contribution >= 4 is 18.3 Å². The van der Waals surface area contributed by atoms with Crippen LogP contribution in [0.4, 0.5) is 4.39 Å². The highest BCUT2D eigenvalue weighted by Crippen LogP contribution is 2.27. The molecule has 1 aliphatic rings. The van der Waals surface area contributed by atoms with Crippen LogP contribution in [0.1, 0.15) is 38.2 Å². The van der Waals surface area contributed by atoms with Gasteiger partial charge in [-0.2, -0.15) is 0 Å². The Morgan fingerprint density at radius 2 is 2.19 bits per heavy atom. The SMILES string of the molecule is CCN(Cc1cccc(F)c1)C(=O)C[C@@H]1CCC[C@H]1N.Cl. The number of hydrogen-bond acceptors (Lipinski definition) is 2. The van der Waals surface area contributed by atoms with Gasteiger partial charge in [0.1, 0.15) is 5.82 Å². The summed E-state index contributed by atoms with van der Waals surface area (Å²) in [5.74, 6) is 0.173. The van der Waals surface area contributed by atoms with Crippen LogP contribution in [0.3, 0.4) is 0 Å². The van der Waals surface area contributed by atoms with Crippen LogP contribution in [0, 0.1) is 11.7 Å². The van der Waals surface area contributed by atoms with Crippen molar-refractivity contribution in [2.24, 2.45) is 11.7 Å². The van der Waals surface area contributed by atoms with E-state index in [1.54, 1.807) is 11.0 Å². The molecule has 0 bridgehead atoms. The predicted molar refractivity (Wildman–Crippen MR) is 84.7 cm³/mol. The van der Waals surface area contributed by atoms with Crippen molar-refractivity contribution in [3.8, 4) is 0 Å². The third-order valence-corrected chi connectivity index (χ3v) is 4.15. The van der Waals surface area contributed by atoms with Crippen molar-refractivity contribution in [3.63, 3.8) is 0 Å². The predicted octanol–water partition coefficient (Wildman–Crippen LogP) is 3.11. The lowest BCUT2D eigenvalue weighted by molar-refractivity contribution is -0.132. The van der Waals surface area contributed by atoms with Gasteiger partial charge in [0, 0.05) is 25.6 Å². The smallest absolute Gasteiger partial charge is 0.223 e. The number of benzene rings is 1. The molecular weight excluding hydrogens is 291 g/mol. The third-order valence-electron chi connectivity index (χ3n) is 4.15. The van der Waals surface area contributed by atoms with Gasteiger partial charge in [-0.15, -0.1) is 12.4 Å². The molecule has 0 aromatic heterocycles. The molecular formula is C16H24ClFN2O. The Hall–Kier alpha value is -1.13. The number of carbonyl (C=O) groups excluding carboxylic acids is 1. The Morgan fingerprint density at radius 1 is 1.43 bits per heavy atom. The Bertz CT molecular complexity index is 469. The highest BCUT2D eigenvalue weighted by Gasteiger charge is 2.27. The maximum absolute atomic E-state index is 13.2. The second kappa shape index (κ2) is 8.35. The molecule has 2 atom stereocenters. The van der Waals surface area contributed by atoms with E-state index >= 15 is 0 Å². The zero-order chi connectivity index (χ0) is 14.5. The van der Waals surface area contributed by atoms with E-state index in [1.165, 1.54) is 12.1 Å². The van der Waals surface area contributed by atoms with Crippen LogP contribution in [-0.4, -0.2) is 23.4 Å². The summed E-state index contributed by atoms with van der Waals surface area (Å²) in [5.41, 5.74) is 6.85. The second-order valence-corrected chi connectivity index (χ2v) is 5.60. The van der Waals surface area contributed by atoms with Crippen molar-refractivity contribution < 1.29 is 9.18 Å². The molecule has 1 aliphatic carbocycles. The van der Waals surface area contributed by atoms with E-state index in [9.17, 15) is 9.18 Å². The fourth-order valence-corrected chi connectivity index (χ4v) is 2.90. The first-order chi connectivity index (χ1) is 9.60. The molecule has 5 heteroatoms. The van der Waals surface area contributed by atoms with Gasteiger partial charge in [-0.05, 0) is 43.4 Å². The summed E-state index contributed by atoms with van der Waals surface area (Å²) in [4.78, 5) is 14.1. The molecule has 1 aromatic rings. The number of amides is 1. The first-order valence-electron chi connectivity index (χ1n) is 7.38. The zero-order valence-electron chi connectivity index (χ0n) is 12.4. The van der Waals surface area contributed by atoms with Crippen LogP contribution in [-0.2, 0) is 11.3 Å². The Labute approximate surface area is 132 Å². The molecule has 2 rings (SSSR count). The minimum atomic E-state index is -0.260. The molecule has 0 heterocycles. The maximum Gasteiger partial charge on any atom is 0.223 e. The van der Waals surface area contributed by atoms with E-state index in [4.69, 9.17) is 5.73 Å². The maximum atomic E-state index is 13.2. The molecule has 2 N–H and O–H groups in total. The van der Waals surface area contributed by atoms with Crippen LogP contribution in [0.5, 0.6) is 0 Å². The topological polar surface area (TPSA) is 46.3 Å². The average Bonchev–Trinajstić information content (AvgIpc) is 2.81. The van der Waals surface area contributed by atoms with Gasteiger partial charge < -0.3 is 10.6 Å². The van der Waals surface area contributed by atoms with E-state index in [0.29, 0.717) is 25.4 Å². The van der Waals surface area contributed by atoms with Crippen molar-refractivity contribution in [2.45, 2.75) is 45.2 Å². The number of halogens is 2. The van der Waals surface area contributed by atoms with E-state index in [0.717, 1.165) is 24.8 Å². The third kappa shape index (κ3) is 4.97. The fraction of sp³-hybridized carbons (Fsp3) is 0.562. The quantitative estimate of drug-likeness (QED) is 0.907. The van der Waals surface area contributed by atoms with Gasteiger partial charge in [0.2, 0.25) is 5.91 Å². The summed E-state index contributed by atoms with van der Waals surface area (Å²) in [6.07, 6.45) is 3.71. The van der Waals surface area contributed by atoms with Gasteiger partial charge in [-0.3, -0.25) is 4.79 Å². The summed E-state index contributed by atoms with van der Waals surface area (Å²) in [5, 5.41) is 0. The first kappa shape index (κ1) is 17.9. The molecule has 1 aromatic carbocycles. The van der Waals surface area contributed by atoms with E-state index < -0.39 is 0 Å². The van der Waals surface area contributed by atoms with Gasteiger partial charge in [0.25, 0.3) is 0 Å². The molecule has 0 aliphatic heterocycles. The summed E-state index contributed by atoms with van der Waals surface area (Å²) in [7, 11) is 0. The number of rotatable bonds is 5. The minimum absolute atomic E-state index is 0. The Morgan fingerprint density at radius 3 is 2.76 bits per heavy atom.